The minimum Gasteiger partial charge on any atom is -0.454 e. The van der Waals surface area contributed by atoms with E-state index in [1.807, 2.05) is 12.1 Å². The van der Waals surface area contributed by atoms with E-state index in [9.17, 15) is 0 Å². The van der Waals surface area contributed by atoms with Gasteiger partial charge in [0.1, 0.15) is 5.76 Å². The van der Waals surface area contributed by atoms with Gasteiger partial charge in [0.05, 0.1) is 6.54 Å². The smallest absolute Gasteiger partial charge is 0.227 e. The molecule has 1 N–H and O–H groups in total. The van der Waals surface area contributed by atoms with Gasteiger partial charge in [0.15, 0.2) is 10.1 Å². The summed E-state index contributed by atoms with van der Waals surface area (Å²) in [5.41, 5.74) is 0. The quantitative estimate of drug-likeness (QED) is 0.670. The normalized spacial score (nSPS) is 10.7. The Hall–Kier alpha value is -0.890. The van der Waals surface area contributed by atoms with Gasteiger partial charge in [-0.25, -0.2) is 0 Å². The molecule has 0 aliphatic heterocycles. The third-order valence-electron chi connectivity index (χ3n) is 1.85. The van der Waals surface area contributed by atoms with Gasteiger partial charge in [-0.1, -0.05) is 5.16 Å². The Bertz CT molecular complexity index is 399. The first-order chi connectivity index (χ1) is 7.34. The minimum atomic E-state index is 0.650. The monoisotopic (exact) mass is 319 g/mol. The lowest BCUT2D eigenvalue weighted by atomic mass is 10.4. The molecule has 0 aliphatic rings. The van der Waals surface area contributed by atoms with Gasteiger partial charge in [-0.2, -0.15) is 4.98 Å². The molecule has 0 unspecified atom stereocenters. The standard InChI is InChI=1S/C9H10IN3O2/c10-8-2-1-7(14-8)5-11-4-3-9-12-6-13-15-9/h1-2,6,11H,3-5H2. The highest BCUT2D eigenvalue weighted by Gasteiger charge is 2.00. The molecule has 5 nitrogen and oxygen atoms in total. The summed E-state index contributed by atoms with van der Waals surface area (Å²) < 4.78 is 11.2. The molecule has 2 heterocycles. The summed E-state index contributed by atoms with van der Waals surface area (Å²) in [6, 6.07) is 3.90. The van der Waals surface area contributed by atoms with Crippen molar-refractivity contribution >= 4 is 22.6 Å². The first-order valence-electron chi connectivity index (χ1n) is 4.55. The second-order valence-electron chi connectivity index (χ2n) is 2.97. The lowest BCUT2D eigenvalue weighted by Gasteiger charge is -1.99. The second kappa shape index (κ2) is 5.26. The van der Waals surface area contributed by atoms with E-state index in [-0.39, 0.29) is 0 Å². The van der Waals surface area contributed by atoms with Gasteiger partial charge in [0, 0.05) is 13.0 Å². The van der Waals surface area contributed by atoms with Crippen LogP contribution in [-0.4, -0.2) is 16.7 Å². The van der Waals surface area contributed by atoms with E-state index in [0.717, 1.165) is 29.0 Å². The summed E-state index contributed by atoms with van der Waals surface area (Å²) in [6.07, 6.45) is 2.14. The van der Waals surface area contributed by atoms with Crippen LogP contribution >= 0.6 is 22.6 Å². The minimum absolute atomic E-state index is 0.650. The summed E-state index contributed by atoms with van der Waals surface area (Å²) >= 11 is 2.14. The average Bonchev–Trinajstić information content (AvgIpc) is 2.84. The molecule has 0 saturated carbocycles. The zero-order chi connectivity index (χ0) is 10.5. The lowest BCUT2D eigenvalue weighted by Crippen LogP contribution is -2.16. The first kappa shape index (κ1) is 10.6. The number of aromatic nitrogens is 2. The van der Waals surface area contributed by atoms with Crippen LogP contribution in [0.3, 0.4) is 0 Å². The number of nitrogens with zero attached hydrogens (tertiary/aromatic N) is 2. The fraction of sp³-hybridized carbons (Fsp3) is 0.333. The fourth-order valence-electron chi connectivity index (χ4n) is 1.16. The highest BCUT2D eigenvalue weighted by atomic mass is 127. The Kier molecular flexibility index (Phi) is 3.73. The van der Waals surface area contributed by atoms with E-state index in [1.165, 1.54) is 6.33 Å². The number of furan rings is 1. The van der Waals surface area contributed by atoms with Crippen molar-refractivity contribution in [3.63, 3.8) is 0 Å². The largest absolute Gasteiger partial charge is 0.454 e. The van der Waals surface area contributed by atoms with Gasteiger partial charge in [-0.05, 0) is 34.7 Å². The molecule has 0 radical (unpaired) electrons. The predicted octanol–water partition coefficient (Wildman–Crippen LogP) is 1.60. The van der Waals surface area contributed by atoms with Crippen molar-refractivity contribution in [1.82, 2.24) is 15.5 Å². The molecular weight excluding hydrogens is 309 g/mol. The molecule has 2 aromatic rings. The molecule has 2 aromatic heterocycles. The molecule has 6 heteroatoms. The Morgan fingerprint density at radius 2 is 2.33 bits per heavy atom. The van der Waals surface area contributed by atoms with Crippen LogP contribution in [0.2, 0.25) is 0 Å². The maximum absolute atomic E-state index is 5.39. The summed E-state index contributed by atoms with van der Waals surface area (Å²) in [6.45, 7) is 1.51. The van der Waals surface area contributed by atoms with Crippen LogP contribution in [0.4, 0.5) is 0 Å². The molecule has 0 saturated heterocycles. The van der Waals surface area contributed by atoms with Gasteiger partial charge >= 0.3 is 0 Å². The zero-order valence-electron chi connectivity index (χ0n) is 7.94. The van der Waals surface area contributed by atoms with Crippen molar-refractivity contribution in [2.75, 3.05) is 6.54 Å². The molecule has 80 valence electrons. The summed E-state index contributed by atoms with van der Waals surface area (Å²) in [4.78, 5) is 3.92. The van der Waals surface area contributed by atoms with E-state index in [4.69, 9.17) is 8.94 Å². The molecule has 0 bridgehead atoms. The summed E-state index contributed by atoms with van der Waals surface area (Å²) in [7, 11) is 0. The van der Waals surface area contributed by atoms with Crippen LogP contribution in [-0.2, 0) is 13.0 Å². The molecule has 0 amide bonds. The van der Waals surface area contributed by atoms with Crippen LogP contribution in [0.15, 0.2) is 27.4 Å². The first-order valence-corrected chi connectivity index (χ1v) is 5.63. The van der Waals surface area contributed by atoms with Crippen LogP contribution in [0.25, 0.3) is 0 Å². The van der Waals surface area contributed by atoms with Crippen LogP contribution < -0.4 is 5.32 Å². The molecule has 0 fully saturated rings. The maximum atomic E-state index is 5.39. The lowest BCUT2D eigenvalue weighted by molar-refractivity contribution is 0.373. The van der Waals surface area contributed by atoms with Gasteiger partial charge in [0.25, 0.3) is 0 Å². The van der Waals surface area contributed by atoms with Crippen LogP contribution in [0, 0.1) is 3.77 Å². The topological polar surface area (TPSA) is 64.1 Å². The number of hydrogen-bond donors (Lipinski definition) is 1. The second-order valence-corrected chi connectivity index (χ2v) is 4.03. The molecule has 2 rings (SSSR count). The van der Waals surface area contributed by atoms with Crippen LogP contribution in [0.1, 0.15) is 11.7 Å². The van der Waals surface area contributed by atoms with Crippen LogP contribution in [0.5, 0.6) is 0 Å². The van der Waals surface area contributed by atoms with E-state index in [1.54, 1.807) is 0 Å². The van der Waals surface area contributed by atoms with Crippen molar-refractivity contribution in [2.24, 2.45) is 0 Å². The maximum Gasteiger partial charge on any atom is 0.227 e. The van der Waals surface area contributed by atoms with Crippen molar-refractivity contribution in [3.05, 3.63) is 33.9 Å². The van der Waals surface area contributed by atoms with E-state index in [2.05, 4.69) is 38.0 Å². The average molecular weight is 319 g/mol. The van der Waals surface area contributed by atoms with E-state index >= 15 is 0 Å². The summed E-state index contributed by atoms with van der Waals surface area (Å²) in [5, 5.41) is 6.76. The van der Waals surface area contributed by atoms with E-state index in [0.29, 0.717) is 5.89 Å². The van der Waals surface area contributed by atoms with Crippen molar-refractivity contribution in [3.8, 4) is 0 Å². The number of hydrogen-bond acceptors (Lipinski definition) is 5. The Labute approximate surface area is 100 Å². The third kappa shape index (κ3) is 3.31. The van der Waals surface area contributed by atoms with Gasteiger partial charge in [-0.3, -0.25) is 0 Å². The number of rotatable bonds is 5. The molecule has 0 aliphatic carbocycles. The van der Waals surface area contributed by atoms with Crippen molar-refractivity contribution in [2.45, 2.75) is 13.0 Å². The number of halogens is 1. The Balaban J connectivity index is 1.67. The van der Waals surface area contributed by atoms with Gasteiger partial charge in [0.2, 0.25) is 5.89 Å². The third-order valence-corrected chi connectivity index (χ3v) is 2.43. The Morgan fingerprint density at radius 1 is 1.40 bits per heavy atom. The fourth-order valence-corrected chi connectivity index (χ4v) is 1.62. The van der Waals surface area contributed by atoms with E-state index < -0.39 is 0 Å². The molecule has 0 atom stereocenters. The zero-order valence-corrected chi connectivity index (χ0v) is 10.1. The predicted molar refractivity (Wildman–Crippen MR) is 61.1 cm³/mol. The molecule has 15 heavy (non-hydrogen) atoms. The molecule has 0 aromatic carbocycles. The molecular formula is C9H10IN3O2. The summed E-state index contributed by atoms with van der Waals surface area (Å²) in [5.74, 6) is 1.58. The molecule has 0 spiro atoms. The SMILES string of the molecule is Ic1ccc(CNCCc2ncno2)o1. The van der Waals surface area contributed by atoms with Crippen molar-refractivity contribution in [1.29, 1.82) is 0 Å². The highest BCUT2D eigenvalue weighted by Crippen LogP contribution is 2.09. The van der Waals surface area contributed by atoms with Gasteiger partial charge < -0.3 is 14.3 Å². The highest BCUT2D eigenvalue weighted by molar-refractivity contribution is 14.1. The van der Waals surface area contributed by atoms with Gasteiger partial charge in [-0.15, -0.1) is 0 Å². The number of nitrogens with one attached hydrogen (secondary N) is 1. The Morgan fingerprint density at radius 3 is 3.00 bits per heavy atom. The van der Waals surface area contributed by atoms with Crippen molar-refractivity contribution < 1.29 is 8.94 Å².